The van der Waals surface area contributed by atoms with Crippen molar-refractivity contribution in [2.75, 3.05) is 4.90 Å². The summed E-state index contributed by atoms with van der Waals surface area (Å²) >= 11 is 1.25. The molecule has 0 saturated carbocycles. The van der Waals surface area contributed by atoms with Gasteiger partial charge in [0, 0.05) is 17.1 Å². The first-order valence-corrected chi connectivity index (χ1v) is 11.1. The first-order valence-electron chi connectivity index (χ1n) is 10.2. The summed E-state index contributed by atoms with van der Waals surface area (Å²) in [6.07, 6.45) is 1.57. The van der Waals surface area contributed by atoms with Gasteiger partial charge in [0.1, 0.15) is 17.3 Å². The van der Waals surface area contributed by atoms with Crippen LogP contribution in [0.25, 0.3) is 5.76 Å². The molecular formula is C26H18N2O4S. The van der Waals surface area contributed by atoms with Crippen molar-refractivity contribution in [1.82, 2.24) is 4.98 Å². The van der Waals surface area contributed by atoms with E-state index in [0.29, 0.717) is 27.8 Å². The number of hydrogen-bond acceptors (Lipinski definition) is 6. The number of aliphatic hydroxyl groups excluding tert-OH is 1. The summed E-state index contributed by atoms with van der Waals surface area (Å²) in [5.41, 5.74) is 1.09. The van der Waals surface area contributed by atoms with Gasteiger partial charge in [0.25, 0.3) is 5.78 Å². The summed E-state index contributed by atoms with van der Waals surface area (Å²) in [6, 6.07) is 24.3. The van der Waals surface area contributed by atoms with Gasteiger partial charge in [0.05, 0.1) is 11.6 Å². The van der Waals surface area contributed by atoms with Crippen molar-refractivity contribution in [3.05, 3.63) is 113 Å². The van der Waals surface area contributed by atoms with Crippen LogP contribution >= 0.6 is 11.3 Å². The Labute approximate surface area is 194 Å². The number of hydrogen-bond donors (Lipinski definition) is 1. The molecule has 1 aromatic heterocycles. The second kappa shape index (κ2) is 8.72. The molecule has 1 fully saturated rings. The van der Waals surface area contributed by atoms with E-state index in [1.165, 1.54) is 16.2 Å². The highest BCUT2D eigenvalue weighted by Crippen LogP contribution is 2.43. The quantitative estimate of drug-likeness (QED) is 0.243. The standard InChI is InChI=1S/C26H18N2O4S/c29-23(17-8-3-1-4-9-17)21-22(28(25(31)24(21)30)26-27-14-15-33-26)18-10-7-13-20(16-18)32-19-11-5-2-6-12-19/h1-16,22,29H/t22-/m1/s1. The lowest BCUT2D eigenvalue weighted by Gasteiger charge is -2.23. The van der Waals surface area contributed by atoms with Crippen LogP contribution in [0.1, 0.15) is 17.2 Å². The van der Waals surface area contributed by atoms with Crippen LogP contribution in [-0.4, -0.2) is 21.8 Å². The summed E-state index contributed by atoms with van der Waals surface area (Å²) in [5.74, 6) is -0.517. The van der Waals surface area contributed by atoms with E-state index in [-0.39, 0.29) is 11.3 Å². The number of aliphatic hydroxyl groups is 1. The molecule has 1 amide bonds. The zero-order chi connectivity index (χ0) is 22.8. The fraction of sp³-hybridized carbons (Fsp3) is 0.0385. The van der Waals surface area contributed by atoms with Gasteiger partial charge in [-0.1, -0.05) is 60.7 Å². The van der Waals surface area contributed by atoms with Gasteiger partial charge in [0.2, 0.25) is 0 Å². The Morgan fingerprint density at radius 1 is 0.909 bits per heavy atom. The molecule has 0 radical (unpaired) electrons. The Bertz CT molecular complexity index is 1340. The highest BCUT2D eigenvalue weighted by Gasteiger charge is 2.48. The number of nitrogens with zero attached hydrogens (tertiary/aromatic N) is 2. The third kappa shape index (κ3) is 3.90. The van der Waals surface area contributed by atoms with E-state index in [9.17, 15) is 14.7 Å². The van der Waals surface area contributed by atoms with Gasteiger partial charge in [0.15, 0.2) is 5.13 Å². The topological polar surface area (TPSA) is 79.7 Å². The molecule has 33 heavy (non-hydrogen) atoms. The maximum absolute atomic E-state index is 13.1. The van der Waals surface area contributed by atoms with Gasteiger partial charge in [-0.15, -0.1) is 11.3 Å². The smallest absolute Gasteiger partial charge is 0.301 e. The molecule has 3 aromatic carbocycles. The zero-order valence-electron chi connectivity index (χ0n) is 17.3. The summed E-state index contributed by atoms with van der Waals surface area (Å²) in [7, 11) is 0. The Balaban J connectivity index is 1.65. The molecule has 7 heteroatoms. The van der Waals surface area contributed by atoms with E-state index in [4.69, 9.17) is 4.74 Å². The molecule has 0 aliphatic carbocycles. The fourth-order valence-electron chi connectivity index (χ4n) is 3.80. The minimum Gasteiger partial charge on any atom is -0.507 e. The number of aromatic nitrogens is 1. The van der Waals surface area contributed by atoms with Crippen LogP contribution < -0.4 is 9.64 Å². The monoisotopic (exact) mass is 454 g/mol. The predicted molar refractivity (Wildman–Crippen MR) is 126 cm³/mol. The molecule has 1 saturated heterocycles. The van der Waals surface area contributed by atoms with Crippen LogP contribution in [0.3, 0.4) is 0 Å². The average Bonchev–Trinajstić information content (AvgIpc) is 3.47. The Hall–Kier alpha value is -4.23. The average molecular weight is 455 g/mol. The van der Waals surface area contributed by atoms with Crippen molar-refractivity contribution < 1.29 is 19.4 Å². The normalized spacial score (nSPS) is 17.3. The number of rotatable bonds is 5. The second-order valence-corrected chi connectivity index (χ2v) is 8.21. The summed E-state index contributed by atoms with van der Waals surface area (Å²) in [4.78, 5) is 31.8. The SMILES string of the molecule is O=C1C(=O)N(c2nccs2)[C@H](c2cccc(Oc3ccccc3)c2)C1=C(O)c1ccccc1. The molecule has 1 atom stereocenters. The second-order valence-electron chi connectivity index (χ2n) is 7.34. The lowest BCUT2D eigenvalue weighted by Crippen LogP contribution is -2.29. The molecule has 2 heterocycles. The summed E-state index contributed by atoms with van der Waals surface area (Å²) in [5, 5.41) is 13.2. The maximum atomic E-state index is 13.1. The van der Waals surface area contributed by atoms with Gasteiger partial charge >= 0.3 is 5.91 Å². The zero-order valence-corrected chi connectivity index (χ0v) is 18.1. The van der Waals surface area contributed by atoms with E-state index in [1.807, 2.05) is 36.4 Å². The number of amides is 1. The number of para-hydroxylation sites is 1. The Morgan fingerprint density at radius 2 is 1.61 bits per heavy atom. The number of thiazole rings is 1. The van der Waals surface area contributed by atoms with Crippen LogP contribution in [0.4, 0.5) is 5.13 Å². The van der Waals surface area contributed by atoms with Crippen molar-refractivity contribution in [3.8, 4) is 11.5 Å². The molecule has 162 valence electrons. The van der Waals surface area contributed by atoms with Crippen molar-refractivity contribution in [3.63, 3.8) is 0 Å². The van der Waals surface area contributed by atoms with Gasteiger partial charge < -0.3 is 9.84 Å². The Morgan fingerprint density at radius 3 is 2.30 bits per heavy atom. The van der Waals surface area contributed by atoms with Crippen LogP contribution in [0.5, 0.6) is 11.5 Å². The number of benzene rings is 3. The fourth-order valence-corrected chi connectivity index (χ4v) is 4.47. The molecule has 5 rings (SSSR count). The van der Waals surface area contributed by atoms with Crippen molar-refractivity contribution >= 4 is 33.9 Å². The number of ketones is 1. The molecule has 6 nitrogen and oxygen atoms in total. The molecule has 0 spiro atoms. The van der Waals surface area contributed by atoms with Gasteiger partial charge in [-0.2, -0.15) is 0 Å². The van der Waals surface area contributed by atoms with E-state index in [1.54, 1.807) is 60.1 Å². The van der Waals surface area contributed by atoms with E-state index in [0.717, 1.165) is 0 Å². The number of ether oxygens (including phenoxy) is 1. The number of anilines is 1. The van der Waals surface area contributed by atoms with Crippen LogP contribution in [0, 0.1) is 0 Å². The molecular weight excluding hydrogens is 436 g/mol. The van der Waals surface area contributed by atoms with Gasteiger partial charge in [-0.3, -0.25) is 14.5 Å². The summed E-state index contributed by atoms with van der Waals surface area (Å²) in [6.45, 7) is 0. The van der Waals surface area contributed by atoms with E-state index >= 15 is 0 Å². The third-order valence-corrected chi connectivity index (χ3v) is 6.04. The minimum atomic E-state index is -0.851. The minimum absolute atomic E-state index is 0.0123. The summed E-state index contributed by atoms with van der Waals surface area (Å²) < 4.78 is 5.96. The lowest BCUT2D eigenvalue weighted by atomic mass is 9.95. The maximum Gasteiger partial charge on any atom is 0.301 e. The lowest BCUT2D eigenvalue weighted by molar-refractivity contribution is -0.132. The van der Waals surface area contributed by atoms with Crippen LogP contribution in [0.15, 0.2) is 102 Å². The molecule has 1 N–H and O–H groups in total. The van der Waals surface area contributed by atoms with Crippen LogP contribution in [0.2, 0.25) is 0 Å². The molecule has 0 unspecified atom stereocenters. The van der Waals surface area contributed by atoms with Crippen molar-refractivity contribution in [1.29, 1.82) is 0 Å². The highest BCUT2D eigenvalue weighted by molar-refractivity contribution is 7.14. The highest BCUT2D eigenvalue weighted by atomic mass is 32.1. The van der Waals surface area contributed by atoms with Gasteiger partial charge in [-0.25, -0.2) is 4.98 Å². The molecule has 1 aliphatic heterocycles. The molecule has 4 aromatic rings. The molecule has 1 aliphatic rings. The van der Waals surface area contributed by atoms with E-state index < -0.39 is 17.7 Å². The van der Waals surface area contributed by atoms with Gasteiger partial charge in [-0.05, 0) is 29.8 Å². The number of carbonyl (C=O) groups is 2. The van der Waals surface area contributed by atoms with E-state index in [2.05, 4.69) is 4.98 Å². The first-order chi connectivity index (χ1) is 16.1. The Kier molecular flexibility index (Phi) is 5.46. The largest absolute Gasteiger partial charge is 0.507 e. The first kappa shape index (κ1) is 20.7. The molecule has 0 bridgehead atoms. The van der Waals surface area contributed by atoms with Crippen LogP contribution in [-0.2, 0) is 9.59 Å². The third-order valence-electron chi connectivity index (χ3n) is 5.27. The predicted octanol–water partition coefficient (Wildman–Crippen LogP) is 5.56. The van der Waals surface area contributed by atoms with Crippen molar-refractivity contribution in [2.45, 2.75) is 6.04 Å². The number of Topliss-reactive ketones (excluding diaryl/α,β-unsaturated/α-hetero) is 1. The number of carbonyl (C=O) groups excluding carboxylic acids is 2. The van der Waals surface area contributed by atoms with Crippen molar-refractivity contribution in [2.24, 2.45) is 0 Å².